The Bertz CT molecular complexity index is 651. The van der Waals surface area contributed by atoms with Crippen LogP contribution in [0, 0.1) is 0 Å². The fourth-order valence-corrected chi connectivity index (χ4v) is 4.92. The molecule has 1 saturated heterocycles. The third-order valence-corrected chi connectivity index (χ3v) is 6.21. The Morgan fingerprint density at radius 2 is 2.17 bits per heavy atom. The minimum atomic E-state index is 0.0900. The quantitative estimate of drug-likeness (QED) is 0.843. The Balaban J connectivity index is 1.43. The number of thioether (sulfide) groups is 1. The number of fused-ring (bicyclic) bond motifs is 2. The van der Waals surface area contributed by atoms with E-state index < -0.39 is 0 Å². The van der Waals surface area contributed by atoms with Gasteiger partial charge in [-0.05, 0) is 31.4 Å². The molecule has 2 aliphatic heterocycles. The van der Waals surface area contributed by atoms with E-state index >= 15 is 0 Å². The maximum absolute atomic E-state index is 12.7. The smallest absolute Gasteiger partial charge is 0.237 e. The number of carbonyl (C=O) groups excluding carboxylic acids is 2. The van der Waals surface area contributed by atoms with Crippen LogP contribution in [-0.4, -0.2) is 54.3 Å². The molecule has 6 heteroatoms. The van der Waals surface area contributed by atoms with E-state index in [-0.39, 0.29) is 24.0 Å². The van der Waals surface area contributed by atoms with E-state index in [0.717, 1.165) is 29.8 Å². The standard InChI is InChI=1S/C18H22N2O3S/c21-17(20-10-11-23-15-6-3-5-13(15)20)8-9-19-14-4-1-2-7-16(14)24-12-18(19)22/h1-2,4,7,13,15H,3,5-6,8-12H2. The maximum atomic E-state index is 12.7. The summed E-state index contributed by atoms with van der Waals surface area (Å²) in [6, 6.07) is 8.17. The van der Waals surface area contributed by atoms with Gasteiger partial charge in [-0.15, -0.1) is 11.8 Å². The predicted octanol–water partition coefficient (Wildman–Crippen LogP) is 2.30. The van der Waals surface area contributed by atoms with Crippen LogP contribution in [0.15, 0.2) is 29.2 Å². The van der Waals surface area contributed by atoms with Crippen molar-refractivity contribution in [1.82, 2.24) is 4.90 Å². The van der Waals surface area contributed by atoms with E-state index in [1.54, 1.807) is 16.7 Å². The maximum Gasteiger partial charge on any atom is 0.237 e. The summed E-state index contributed by atoms with van der Waals surface area (Å²) in [5.74, 6) is 0.693. The zero-order valence-electron chi connectivity index (χ0n) is 13.6. The lowest BCUT2D eigenvalue weighted by molar-refractivity contribution is -0.143. The summed E-state index contributed by atoms with van der Waals surface area (Å²) < 4.78 is 5.78. The van der Waals surface area contributed by atoms with Crippen molar-refractivity contribution in [3.8, 4) is 0 Å². The molecular formula is C18H22N2O3S. The fourth-order valence-electron chi connectivity index (χ4n) is 3.99. The average Bonchev–Trinajstić information content (AvgIpc) is 3.09. The number of nitrogens with zero attached hydrogens (tertiary/aromatic N) is 2. The highest BCUT2D eigenvalue weighted by Crippen LogP contribution is 2.35. The first-order valence-corrected chi connectivity index (χ1v) is 9.66. The van der Waals surface area contributed by atoms with Gasteiger partial charge in [0.2, 0.25) is 11.8 Å². The SMILES string of the molecule is O=C1CSc2ccccc2N1CCC(=O)N1CCOC2CCCC21. The molecule has 1 aromatic rings. The number of amides is 2. The first kappa shape index (κ1) is 16.0. The highest BCUT2D eigenvalue weighted by atomic mass is 32.2. The number of carbonyl (C=O) groups is 2. The van der Waals surface area contributed by atoms with Crippen LogP contribution in [-0.2, 0) is 14.3 Å². The molecule has 2 atom stereocenters. The van der Waals surface area contributed by atoms with Crippen LogP contribution in [0.4, 0.5) is 5.69 Å². The van der Waals surface area contributed by atoms with E-state index in [0.29, 0.717) is 31.9 Å². The molecule has 0 spiro atoms. The normalized spacial score (nSPS) is 26.2. The van der Waals surface area contributed by atoms with Crippen molar-refractivity contribution >= 4 is 29.3 Å². The molecule has 24 heavy (non-hydrogen) atoms. The van der Waals surface area contributed by atoms with Crippen LogP contribution in [0.2, 0.25) is 0 Å². The molecule has 1 aliphatic carbocycles. The van der Waals surface area contributed by atoms with Gasteiger partial charge in [-0.25, -0.2) is 0 Å². The second-order valence-corrected chi connectivity index (χ2v) is 7.56. The third kappa shape index (κ3) is 2.93. The number of para-hydroxylation sites is 1. The minimum Gasteiger partial charge on any atom is -0.374 e. The fraction of sp³-hybridized carbons (Fsp3) is 0.556. The Hall–Kier alpha value is -1.53. The molecule has 2 fully saturated rings. The molecule has 2 heterocycles. The molecule has 1 aromatic carbocycles. The Morgan fingerprint density at radius 3 is 3.08 bits per heavy atom. The monoisotopic (exact) mass is 346 g/mol. The molecule has 2 unspecified atom stereocenters. The predicted molar refractivity (Wildman–Crippen MR) is 93.2 cm³/mol. The average molecular weight is 346 g/mol. The van der Waals surface area contributed by atoms with Crippen LogP contribution in [0.5, 0.6) is 0 Å². The van der Waals surface area contributed by atoms with E-state index in [9.17, 15) is 9.59 Å². The second kappa shape index (κ2) is 6.76. The molecule has 0 aromatic heterocycles. The number of benzene rings is 1. The van der Waals surface area contributed by atoms with Crippen molar-refractivity contribution in [2.45, 2.75) is 42.7 Å². The van der Waals surface area contributed by atoms with Crippen LogP contribution in [0.3, 0.4) is 0 Å². The molecule has 128 valence electrons. The molecule has 1 saturated carbocycles. The topological polar surface area (TPSA) is 49.9 Å². The van der Waals surface area contributed by atoms with Gasteiger partial charge in [0.15, 0.2) is 0 Å². The van der Waals surface area contributed by atoms with E-state index in [1.807, 2.05) is 29.2 Å². The number of rotatable bonds is 3. The lowest BCUT2D eigenvalue weighted by atomic mass is 10.1. The van der Waals surface area contributed by atoms with Crippen molar-refractivity contribution < 1.29 is 14.3 Å². The minimum absolute atomic E-state index is 0.0900. The number of hydrogen-bond acceptors (Lipinski definition) is 4. The summed E-state index contributed by atoms with van der Waals surface area (Å²) >= 11 is 1.57. The summed E-state index contributed by atoms with van der Waals surface area (Å²) in [7, 11) is 0. The van der Waals surface area contributed by atoms with Gasteiger partial charge in [0.1, 0.15) is 0 Å². The Kier molecular flexibility index (Phi) is 4.50. The molecule has 5 nitrogen and oxygen atoms in total. The Morgan fingerprint density at radius 1 is 1.29 bits per heavy atom. The Labute approximate surface area is 146 Å². The zero-order valence-corrected chi connectivity index (χ0v) is 14.5. The van der Waals surface area contributed by atoms with E-state index in [4.69, 9.17) is 4.74 Å². The van der Waals surface area contributed by atoms with Gasteiger partial charge >= 0.3 is 0 Å². The van der Waals surface area contributed by atoms with Gasteiger partial charge in [-0.2, -0.15) is 0 Å². The highest BCUT2D eigenvalue weighted by molar-refractivity contribution is 8.00. The van der Waals surface area contributed by atoms with E-state index in [1.165, 1.54) is 0 Å². The molecule has 0 radical (unpaired) electrons. The lowest BCUT2D eigenvalue weighted by Gasteiger charge is -2.38. The van der Waals surface area contributed by atoms with Crippen molar-refractivity contribution in [2.75, 3.05) is 30.3 Å². The lowest BCUT2D eigenvalue weighted by Crippen LogP contribution is -2.52. The number of ether oxygens (including phenoxy) is 1. The zero-order chi connectivity index (χ0) is 16.5. The third-order valence-electron chi connectivity index (χ3n) is 5.16. The second-order valence-electron chi connectivity index (χ2n) is 6.55. The van der Waals surface area contributed by atoms with Crippen LogP contribution < -0.4 is 4.90 Å². The largest absolute Gasteiger partial charge is 0.374 e. The summed E-state index contributed by atoms with van der Waals surface area (Å²) in [6.45, 7) is 1.78. The molecule has 0 bridgehead atoms. The highest BCUT2D eigenvalue weighted by Gasteiger charge is 2.38. The number of morpholine rings is 1. The molecule has 4 rings (SSSR count). The summed E-state index contributed by atoms with van der Waals surface area (Å²) in [5.41, 5.74) is 0.937. The summed E-state index contributed by atoms with van der Waals surface area (Å²) in [6.07, 6.45) is 3.83. The van der Waals surface area contributed by atoms with Crippen molar-refractivity contribution in [1.29, 1.82) is 0 Å². The summed E-state index contributed by atoms with van der Waals surface area (Å²) in [4.78, 5) is 29.9. The van der Waals surface area contributed by atoms with Crippen LogP contribution in [0.25, 0.3) is 0 Å². The molecule has 0 N–H and O–H groups in total. The van der Waals surface area contributed by atoms with Gasteiger partial charge in [-0.1, -0.05) is 12.1 Å². The summed E-state index contributed by atoms with van der Waals surface area (Å²) in [5, 5.41) is 0. The van der Waals surface area contributed by atoms with Gasteiger partial charge in [-0.3, -0.25) is 9.59 Å². The first-order chi connectivity index (χ1) is 11.7. The van der Waals surface area contributed by atoms with Crippen molar-refractivity contribution in [3.63, 3.8) is 0 Å². The van der Waals surface area contributed by atoms with Gasteiger partial charge in [0.05, 0.1) is 30.2 Å². The molecular weight excluding hydrogens is 324 g/mol. The van der Waals surface area contributed by atoms with Crippen molar-refractivity contribution in [2.24, 2.45) is 0 Å². The van der Waals surface area contributed by atoms with Crippen LogP contribution in [0.1, 0.15) is 25.7 Å². The van der Waals surface area contributed by atoms with Crippen molar-refractivity contribution in [3.05, 3.63) is 24.3 Å². The van der Waals surface area contributed by atoms with Crippen LogP contribution >= 0.6 is 11.8 Å². The number of anilines is 1. The molecule has 3 aliphatic rings. The van der Waals surface area contributed by atoms with Gasteiger partial charge in [0, 0.05) is 24.4 Å². The van der Waals surface area contributed by atoms with Gasteiger partial charge < -0.3 is 14.5 Å². The van der Waals surface area contributed by atoms with Gasteiger partial charge in [0.25, 0.3) is 0 Å². The van der Waals surface area contributed by atoms with E-state index in [2.05, 4.69) is 0 Å². The molecule has 2 amide bonds. The number of hydrogen-bond donors (Lipinski definition) is 0. The first-order valence-electron chi connectivity index (χ1n) is 8.67.